The van der Waals surface area contributed by atoms with Crippen molar-refractivity contribution in [2.75, 3.05) is 11.9 Å². The summed E-state index contributed by atoms with van der Waals surface area (Å²) in [5.41, 5.74) is 1.85. The van der Waals surface area contributed by atoms with Gasteiger partial charge >= 0.3 is 0 Å². The molecule has 0 atom stereocenters. The molecular weight excluding hydrogens is 256 g/mol. The van der Waals surface area contributed by atoms with E-state index >= 15 is 0 Å². The molecule has 1 fully saturated rings. The topological polar surface area (TPSA) is 66.5 Å². The van der Waals surface area contributed by atoms with E-state index in [1.807, 2.05) is 31.2 Å². The minimum absolute atomic E-state index is 0.102. The van der Waals surface area contributed by atoms with Crippen LogP contribution in [-0.4, -0.2) is 29.2 Å². The van der Waals surface area contributed by atoms with Crippen LogP contribution in [0.2, 0.25) is 0 Å². The fraction of sp³-hybridized carbons (Fsp3) is 0.400. The van der Waals surface area contributed by atoms with Gasteiger partial charge in [0.05, 0.1) is 0 Å². The van der Waals surface area contributed by atoms with E-state index < -0.39 is 0 Å². The molecule has 20 heavy (non-hydrogen) atoms. The molecule has 0 spiro atoms. The number of amides is 3. The van der Waals surface area contributed by atoms with Crippen LogP contribution in [-0.2, 0) is 14.4 Å². The number of imide groups is 1. The van der Waals surface area contributed by atoms with Gasteiger partial charge in [-0.2, -0.15) is 0 Å². The Balaban J connectivity index is 1.75. The number of nitrogens with zero attached hydrogens (tertiary/aromatic N) is 1. The van der Waals surface area contributed by atoms with Gasteiger partial charge in [-0.25, -0.2) is 0 Å². The van der Waals surface area contributed by atoms with E-state index in [4.69, 9.17) is 0 Å². The lowest BCUT2D eigenvalue weighted by atomic mass is 10.2. The Bertz CT molecular complexity index is 524. The SMILES string of the molecule is Cc1cccc(NC(=O)CCCN2C(=O)CCC2=O)c1. The number of anilines is 1. The molecule has 0 bridgehead atoms. The molecule has 5 heteroatoms. The second-order valence-electron chi connectivity index (χ2n) is 4.96. The fourth-order valence-electron chi connectivity index (χ4n) is 2.22. The van der Waals surface area contributed by atoms with E-state index in [0.29, 0.717) is 32.2 Å². The second-order valence-corrected chi connectivity index (χ2v) is 4.96. The lowest BCUT2D eigenvalue weighted by Crippen LogP contribution is -2.30. The van der Waals surface area contributed by atoms with Crippen LogP contribution in [0.3, 0.4) is 0 Å². The van der Waals surface area contributed by atoms with Gasteiger partial charge in [-0.15, -0.1) is 0 Å². The number of hydrogen-bond donors (Lipinski definition) is 1. The minimum Gasteiger partial charge on any atom is -0.326 e. The maximum Gasteiger partial charge on any atom is 0.229 e. The number of likely N-dealkylation sites (tertiary alicyclic amines) is 1. The van der Waals surface area contributed by atoms with Gasteiger partial charge < -0.3 is 5.32 Å². The van der Waals surface area contributed by atoms with E-state index in [1.165, 1.54) is 4.90 Å². The monoisotopic (exact) mass is 274 g/mol. The molecule has 1 saturated heterocycles. The highest BCUT2D eigenvalue weighted by molar-refractivity contribution is 6.02. The van der Waals surface area contributed by atoms with Crippen molar-refractivity contribution in [3.63, 3.8) is 0 Å². The average Bonchev–Trinajstić information content (AvgIpc) is 2.70. The highest BCUT2D eigenvalue weighted by Crippen LogP contribution is 2.13. The van der Waals surface area contributed by atoms with E-state index in [9.17, 15) is 14.4 Å². The molecule has 2 rings (SSSR count). The molecule has 0 unspecified atom stereocenters. The van der Waals surface area contributed by atoms with Crippen molar-refractivity contribution in [2.24, 2.45) is 0 Å². The van der Waals surface area contributed by atoms with Gasteiger partial charge in [0.1, 0.15) is 0 Å². The van der Waals surface area contributed by atoms with Gasteiger partial charge in [-0.3, -0.25) is 19.3 Å². The maximum atomic E-state index is 11.8. The molecule has 0 saturated carbocycles. The van der Waals surface area contributed by atoms with Crippen LogP contribution in [0.5, 0.6) is 0 Å². The van der Waals surface area contributed by atoms with Crippen LogP contribution in [0.15, 0.2) is 24.3 Å². The van der Waals surface area contributed by atoms with E-state index in [-0.39, 0.29) is 17.7 Å². The van der Waals surface area contributed by atoms with Crippen molar-refractivity contribution < 1.29 is 14.4 Å². The molecule has 5 nitrogen and oxygen atoms in total. The molecule has 1 N–H and O–H groups in total. The van der Waals surface area contributed by atoms with Crippen LogP contribution in [0.4, 0.5) is 5.69 Å². The Morgan fingerprint density at radius 2 is 1.95 bits per heavy atom. The van der Waals surface area contributed by atoms with Crippen molar-refractivity contribution in [1.29, 1.82) is 0 Å². The summed E-state index contributed by atoms with van der Waals surface area (Å²) in [6, 6.07) is 7.57. The van der Waals surface area contributed by atoms with Crippen molar-refractivity contribution in [1.82, 2.24) is 4.90 Å². The van der Waals surface area contributed by atoms with Crippen molar-refractivity contribution >= 4 is 23.4 Å². The lowest BCUT2D eigenvalue weighted by Gasteiger charge is -2.13. The third-order valence-corrected chi connectivity index (χ3v) is 3.24. The van der Waals surface area contributed by atoms with Crippen LogP contribution in [0.25, 0.3) is 0 Å². The Labute approximate surface area is 118 Å². The standard InChI is InChI=1S/C15H18N2O3/c1-11-4-2-5-12(10-11)16-13(18)6-3-9-17-14(19)7-8-15(17)20/h2,4-5,10H,3,6-9H2,1H3,(H,16,18). The molecule has 1 aromatic rings. The van der Waals surface area contributed by atoms with Crippen molar-refractivity contribution in [3.8, 4) is 0 Å². The zero-order valence-electron chi connectivity index (χ0n) is 11.5. The van der Waals surface area contributed by atoms with Crippen molar-refractivity contribution in [2.45, 2.75) is 32.6 Å². The Morgan fingerprint density at radius 1 is 1.25 bits per heavy atom. The first-order valence-corrected chi connectivity index (χ1v) is 6.76. The first-order valence-electron chi connectivity index (χ1n) is 6.76. The fourth-order valence-corrected chi connectivity index (χ4v) is 2.22. The van der Waals surface area contributed by atoms with Gasteiger partial charge in [0, 0.05) is 31.5 Å². The van der Waals surface area contributed by atoms with Crippen molar-refractivity contribution in [3.05, 3.63) is 29.8 Å². The van der Waals surface area contributed by atoms with E-state index in [2.05, 4.69) is 5.32 Å². The highest BCUT2D eigenvalue weighted by atomic mass is 16.2. The average molecular weight is 274 g/mol. The number of nitrogens with one attached hydrogen (secondary N) is 1. The summed E-state index contributed by atoms with van der Waals surface area (Å²) in [7, 11) is 0. The Hall–Kier alpha value is -2.17. The van der Waals surface area contributed by atoms with Gasteiger partial charge in [0.15, 0.2) is 0 Å². The summed E-state index contributed by atoms with van der Waals surface area (Å²) in [4.78, 5) is 35.8. The first kappa shape index (κ1) is 14.2. The largest absolute Gasteiger partial charge is 0.326 e. The number of hydrogen-bond acceptors (Lipinski definition) is 3. The predicted molar refractivity (Wildman–Crippen MR) is 75.0 cm³/mol. The summed E-state index contributed by atoms with van der Waals surface area (Å²) in [5, 5.41) is 2.80. The molecule has 0 aliphatic carbocycles. The number of carbonyl (C=O) groups excluding carboxylic acids is 3. The van der Waals surface area contributed by atoms with Gasteiger partial charge in [0.25, 0.3) is 0 Å². The van der Waals surface area contributed by atoms with Gasteiger partial charge in [0.2, 0.25) is 17.7 Å². The lowest BCUT2D eigenvalue weighted by molar-refractivity contribution is -0.138. The number of carbonyl (C=O) groups is 3. The molecule has 0 radical (unpaired) electrons. The number of rotatable bonds is 5. The molecular formula is C15H18N2O3. The zero-order valence-corrected chi connectivity index (χ0v) is 11.5. The molecule has 1 aliphatic heterocycles. The molecule has 106 valence electrons. The summed E-state index contributed by atoms with van der Waals surface area (Å²) < 4.78 is 0. The zero-order chi connectivity index (χ0) is 14.5. The highest BCUT2D eigenvalue weighted by Gasteiger charge is 2.28. The third kappa shape index (κ3) is 3.66. The van der Waals surface area contributed by atoms with E-state index in [0.717, 1.165) is 11.3 Å². The molecule has 0 aromatic heterocycles. The smallest absolute Gasteiger partial charge is 0.229 e. The van der Waals surface area contributed by atoms with Crippen LogP contribution >= 0.6 is 0 Å². The quantitative estimate of drug-likeness (QED) is 0.833. The summed E-state index contributed by atoms with van der Waals surface area (Å²) in [6.45, 7) is 2.29. The third-order valence-electron chi connectivity index (χ3n) is 3.24. The normalized spacial score (nSPS) is 14.8. The van der Waals surface area contributed by atoms with Crippen LogP contribution < -0.4 is 5.32 Å². The maximum absolute atomic E-state index is 11.8. The Kier molecular flexibility index (Phi) is 4.50. The summed E-state index contributed by atoms with van der Waals surface area (Å²) >= 11 is 0. The number of benzene rings is 1. The number of aryl methyl sites for hydroxylation is 1. The van der Waals surface area contributed by atoms with Crippen LogP contribution in [0.1, 0.15) is 31.2 Å². The predicted octanol–water partition coefficient (Wildman–Crippen LogP) is 1.86. The second kappa shape index (κ2) is 6.32. The van der Waals surface area contributed by atoms with E-state index in [1.54, 1.807) is 0 Å². The van der Waals surface area contributed by atoms with Crippen LogP contribution in [0, 0.1) is 6.92 Å². The summed E-state index contributed by atoms with van der Waals surface area (Å²) in [6.07, 6.45) is 1.39. The first-order chi connectivity index (χ1) is 9.56. The Morgan fingerprint density at radius 3 is 2.60 bits per heavy atom. The molecule has 1 aliphatic rings. The van der Waals surface area contributed by atoms with Gasteiger partial charge in [-0.1, -0.05) is 12.1 Å². The molecule has 1 heterocycles. The minimum atomic E-state index is -0.130. The summed E-state index contributed by atoms with van der Waals surface area (Å²) in [5.74, 6) is -0.363. The van der Waals surface area contributed by atoms with Gasteiger partial charge in [-0.05, 0) is 31.0 Å². The molecule has 3 amide bonds. The molecule has 1 aromatic carbocycles.